The average molecular weight is 342 g/mol. The summed E-state index contributed by atoms with van der Waals surface area (Å²) in [6.45, 7) is 0.451. The Labute approximate surface area is 144 Å². The molecule has 0 aliphatic rings. The van der Waals surface area contributed by atoms with Crippen molar-refractivity contribution in [2.45, 2.75) is 11.7 Å². The van der Waals surface area contributed by atoms with E-state index in [1.807, 2.05) is 43.4 Å². The van der Waals surface area contributed by atoms with Crippen LogP contribution in [0.3, 0.4) is 0 Å². The fourth-order valence-electron chi connectivity index (χ4n) is 2.27. The SMILES string of the molecule is CNc1nc(SCC(=O)N(C)Cc2ccco2)nc2ccccc12. The van der Waals surface area contributed by atoms with E-state index in [1.165, 1.54) is 11.8 Å². The van der Waals surface area contributed by atoms with Crippen molar-refractivity contribution in [2.75, 3.05) is 25.2 Å². The second-order valence-electron chi connectivity index (χ2n) is 5.24. The molecule has 0 atom stereocenters. The number of aromatic nitrogens is 2. The zero-order valence-corrected chi connectivity index (χ0v) is 14.3. The molecule has 1 aromatic carbocycles. The molecular weight excluding hydrogens is 324 g/mol. The van der Waals surface area contributed by atoms with E-state index in [0.29, 0.717) is 11.7 Å². The maximum Gasteiger partial charge on any atom is 0.233 e. The van der Waals surface area contributed by atoms with Gasteiger partial charge in [-0.25, -0.2) is 9.97 Å². The van der Waals surface area contributed by atoms with E-state index in [9.17, 15) is 4.79 Å². The van der Waals surface area contributed by atoms with Crippen molar-refractivity contribution in [2.24, 2.45) is 0 Å². The first-order chi connectivity index (χ1) is 11.7. The van der Waals surface area contributed by atoms with E-state index in [2.05, 4.69) is 15.3 Å². The zero-order valence-electron chi connectivity index (χ0n) is 13.5. The number of carbonyl (C=O) groups is 1. The summed E-state index contributed by atoms with van der Waals surface area (Å²) < 4.78 is 5.26. The summed E-state index contributed by atoms with van der Waals surface area (Å²) in [5.74, 6) is 1.80. The molecule has 0 fully saturated rings. The number of furan rings is 1. The lowest BCUT2D eigenvalue weighted by molar-refractivity contribution is -0.127. The van der Waals surface area contributed by atoms with Gasteiger partial charge in [0, 0.05) is 19.5 Å². The van der Waals surface area contributed by atoms with Gasteiger partial charge in [-0.3, -0.25) is 4.79 Å². The molecule has 3 aromatic rings. The van der Waals surface area contributed by atoms with Gasteiger partial charge in [-0.15, -0.1) is 0 Å². The first-order valence-corrected chi connectivity index (χ1v) is 8.49. The number of benzene rings is 1. The van der Waals surface area contributed by atoms with Crippen LogP contribution in [0.1, 0.15) is 5.76 Å². The van der Waals surface area contributed by atoms with Gasteiger partial charge >= 0.3 is 0 Å². The van der Waals surface area contributed by atoms with Crippen molar-refractivity contribution in [1.82, 2.24) is 14.9 Å². The third-order valence-electron chi connectivity index (χ3n) is 3.54. The average Bonchev–Trinajstić information content (AvgIpc) is 3.11. The number of nitrogens with one attached hydrogen (secondary N) is 1. The van der Waals surface area contributed by atoms with Crippen LogP contribution in [-0.2, 0) is 11.3 Å². The molecule has 0 saturated carbocycles. The van der Waals surface area contributed by atoms with Crippen LogP contribution in [-0.4, -0.2) is 40.6 Å². The number of nitrogens with zero attached hydrogens (tertiary/aromatic N) is 3. The van der Waals surface area contributed by atoms with Crippen LogP contribution < -0.4 is 5.32 Å². The van der Waals surface area contributed by atoms with E-state index in [1.54, 1.807) is 18.2 Å². The van der Waals surface area contributed by atoms with Gasteiger partial charge in [-0.05, 0) is 24.3 Å². The van der Waals surface area contributed by atoms with E-state index in [-0.39, 0.29) is 11.7 Å². The first-order valence-electron chi connectivity index (χ1n) is 7.51. The van der Waals surface area contributed by atoms with Crippen LogP contribution in [0.25, 0.3) is 10.9 Å². The van der Waals surface area contributed by atoms with Crippen LogP contribution in [0.15, 0.2) is 52.2 Å². The van der Waals surface area contributed by atoms with Crippen LogP contribution in [0.4, 0.5) is 5.82 Å². The summed E-state index contributed by atoms with van der Waals surface area (Å²) in [6, 6.07) is 11.5. The van der Waals surface area contributed by atoms with E-state index in [4.69, 9.17) is 4.42 Å². The number of thioether (sulfide) groups is 1. The maximum atomic E-state index is 12.3. The Morgan fingerprint density at radius 2 is 2.08 bits per heavy atom. The standard InChI is InChI=1S/C17H18N4O2S/c1-18-16-13-7-3-4-8-14(13)19-17(20-16)24-11-15(22)21(2)10-12-6-5-9-23-12/h3-9H,10-11H2,1-2H3,(H,18,19,20). The lowest BCUT2D eigenvalue weighted by Gasteiger charge is -2.15. The third-order valence-corrected chi connectivity index (χ3v) is 4.38. The Morgan fingerprint density at radius 1 is 1.25 bits per heavy atom. The topological polar surface area (TPSA) is 71.3 Å². The second-order valence-corrected chi connectivity index (χ2v) is 6.18. The molecule has 0 radical (unpaired) electrons. The normalized spacial score (nSPS) is 10.8. The summed E-state index contributed by atoms with van der Waals surface area (Å²) in [5, 5.41) is 4.62. The lowest BCUT2D eigenvalue weighted by atomic mass is 10.2. The molecule has 0 saturated heterocycles. The van der Waals surface area contributed by atoms with Gasteiger partial charge in [0.05, 0.1) is 24.1 Å². The molecule has 124 valence electrons. The zero-order chi connectivity index (χ0) is 16.9. The second kappa shape index (κ2) is 7.35. The number of hydrogen-bond donors (Lipinski definition) is 1. The Hall–Kier alpha value is -2.54. The molecule has 0 unspecified atom stereocenters. The summed E-state index contributed by atoms with van der Waals surface area (Å²) in [6.07, 6.45) is 1.60. The van der Waals surface area contributed by atoms with Crippen molar-refractivity contribution in [1.29, 1.82) is 0 Å². The minimum absolute atomic E-state index is 0.000772. The quantitative estimate of drug-likeness (QED) is 0.548. The molecular formula is C17H18N4O2S. The summed E-state index contributed by atoms with van der Waals surface area (Å²) in [4.78, 5) is 22.9. The number of anilines is 1. The Balaban J connectivity index is 1.67. The summed E-state index contributed by atoms with van der Waals surface area (Å²) in [5.41, 5.74) is 0.857. The van der Waals surface area contributed by atoms with Crippen molar-refractivity contribution < 1.29 is 9.21 Å². The molecule has 1 N–H and O–H groups in total. The summed E-state index contributed by atoms with van der Waals surface area (Å²) >= 11 is 1.33. The Kier molecular flexibility index (Phi) is 5.00. The van der Waals surface area contributed by atoms with Crippen molar-refractivity contribution in [3.63, 3.8) is 0 Å². The number of rotatable bonds is 6. The van der Waals surface area contributed by atoms with Crippen molar-refractivity contribution >= 4 is 34.4 Å². The molecule has 2 aromatic heterocycles. The molecule has 0 aliphatic carbocycles. The fraction of sp³-hybridized carbons (Fsp3) is 0.235. The molecule has 0 aliphatic heterocycles. The number of amides is 1. The molecule has 6 nitrogen and oxygen atoms in total. The van der Waals surface area contributed by atoms with E-state index < -0.39 is 0 Å². The van der Waals surface area contributed by atoms with Gasteiger partial charge in [-0.2, -0.15) is 0 Å². The molecule has 2 heterocycles. The molecule has 0 spiro atoms. The highest BCUT2D eigenvalue weighted by molar-refractivity contribution is 7.99. The van der Waals surface area contributed by atoms with E-state index >= 15 is 0 Å². The Bertz CT molecular complexity index is 836. The molecule has 3 rings (SSSR count). The van der Waals surface area contributed by atoms with Gasteiger partial charge in [0.15, 0.2) is 5.16 Å². The largest absolute Gasteiger partial charge is 0.467 e. The highest BCUT2D eigenvalue weighted by Crippen LogP contribution is 2.24. The highest BCUT2D eigenvalue weighted by Gasteiger charge is 2.13. The van der Waals surface area contributed by atoms with Crippen LogP contribution >= 0.6 is 11.8 Å². The molecule has 0 bridgehead atoms. The molecule has 24 heavy (non-hydrogen) atoms. The van der Waals surface area contributed by atoms with Gasteiger partial charge in [-0.1, -0.05) is 23.9 Å². The smallest absolute Gasteiger partial charge is 0.233 e. The number of carbonyl (C=O) groups excluding carboxylic acids is 1. The van der Waals surface area contributed by atoms with Gasteiger partial charge < -0.3 is 14.6 Å². The van der Waals surface area contributed by atoms with Crippen LogP contribution in [0, 0.1) is 0 Å². The minimum atomic E-state index is -0.000772. The summed E-state index contributed by atoms with van der Waals surface area (Å²) in [7, 11) is 3.58. The lowest BCUT2D eigenvalue weighted by Crippen LogP contribution is -2.27. The Morgan fingerprint density at radius 3 is 2.83 bits per heavy atom. The van der Waals surface area contributed by atoms with Gasteiger partial charge in [0.2, 0.25) is 5.91 Å². The monoisotopic (exact) mass is 342 g/mol. The first kappa shape index (κ1) is 16.3. The van der Waals surface area contributed by atoms with Crippen LogP contribution in [0.5, 0.6) is 0 Å². The predicted molar refractivity (Wildman–Crippen MR) is 95.0 cm³/mol. The van der Waals surface area contributed by atoms with Gasteiger partial charge in [0.1, 0.15) is 11.6 Å². The fourth-order valence-corrected chi connectivity index (χ4v) is 3.06. The highest BCUT2D eigenvalue weighted by atomic mass is 32.2. The molecule has 1 amide bonds. The molecule has 7 heteroatoms. The third kappa shape index (κ3) is 3.68. The van der Waals surface area contributed by atoms with Gasteiger partial charge in [0.25, 0.3) is 0 Å². The van der Waals surface area contributed by atoms with E-state index in [0.717, 1.165) is 22.5 Å². The van der Waals surface area contributed by atoms with Crippen molar-refractivity contribution in [3.8, 4) is 0 Å². The number of fused-ring (bicyclic) bond motifs is 1. The predicted octanol–water partition coefficient (Wildman–Crippen LogP) is 3.02. The number of para-hydroxylation sites is 1. The van der Waals surface area contributed by atoms with Crippen molar-refractivity contribution in [3.05, 3.63) is 48.4 Å². The minimum Gasteiger partial charge on any atom is -0.467 e. The maximum absolute atomic E-state index is 12.3. The van der Waals surface area contributed by atoms with Crippen LogP contribution in [0.2, 0.25) is 0 Å². The number of hydrogen-bond acceptors (Lipinski definition) is 6.